The van der Waals surface area contributed by atoms with Crippen LogP contribution in [0.4, 0.5) is 0 Å². The summed E-state index contributed by atoms with van der Waals surface area (Å²) in [6, 6.07) is 11.6. The second kappa shape index (κ2) is 6.54. The van der Waals surface area contributed by atoms with Crippen molar-refractivity contribution in [3.05, 3.63) is 53.3 Å². The number of piperidine rings is 1. The Balaban J connectivity index is 1.62. The van der Waals surface area contributed by atoms with Crippen molar-refractivity contribution in [1.29, 1.82) is 0 Å². The topological polar surface area (TPSA) is 58.4 Å². The number of rotatable bonds is 3. The SMILES string of the molecule is Cc1cc(C(=O)N2CCC(C(O)c3ccccc3)CC2)n(C)n1. The first kappa shape index (κ1) is 15.7. The molecule has 1 aliphatic heterocycles. The highest BCUT2D eigenvalue weighted by molar-refractivity contribution is 5.92. The van der Waals surface area contributed by atoms with Crippen molar-refractivity contribution in [3.8, 4) is 0 Å². The molecule has 1 fully saturated rings. The maximum atomic E-state index is 12.6. The first-order valence-corrected chi connectivity index (χ1v) is 8.09. The smallest absolute Gasteiger partial charge is 0.272 e. The van der Waals surface area contributed by atoms with Crippen LogP contribution in [0.2, 0.25) is 0 Å². The third-order valence-corrected chi connectivity index (χ3v) is 4.64. The molecule has 1 aromatic heterocycles. The zero-order valence-electron chi connectivity index (χ0n) is 13.6. The van der Waals surface area contributed by atoms with E-state index in [0.29, 0.717) is 18.8 Å². The van der Waals surface area contributed by atoms with Crippen LogP contribution in [0.3, 0.4) is 0 Å². The Morgan fingerprint density at radius 3 is 2.48 bits per heavy atom. The zero-order chi connectivity index (χ0) is 16.4. The van der Waals surface area contributed by atoms with Crippen molar-refractivity contribution < 1.29 is 9.90 Å². The number of likely N-dealkylation sites (tertiary alicyclic amines) is 1. The van der Waals surface area contributed by atoms with E-state index >= 15 is 0 Å². The van der Waals surface area contributed by atoms with Crippen molar-refractivity contribution in [2.45, 2.75) is 25.9 Å². The number of benzene rings is 1. The standard InChI is InChI=1S/C18H23N3O2/c1-13-12-16(20(2)19-13)18(23)21-10-8-15(9-11-21)17(22)14-6-4-3-5-7-14/h3-7,12,15,17,22H,8-11H2,1-2H3. The van der Waals surface area contributed by atoms with Crippen LogP contribution in [0.15, 0.2) is 36.4 Å². The maximum Gasteiger partial charge on any atom is 0.272 e. The summed E-state index contributed by atoms with van der Waals surface area (Å²) < 4.78 is 1.64. The summed E-state index contributed by atoms with van der Waals surface area (Å²) in [6.07, 6.45) is 1.18. The average molecular weight is 313 g/mol. The van der Waals surface area contributed by atoms with Gasteiger partial charge in [0.2, 0.25) is 0 Å². The fraction of sp³-hybridized carbons (Fsp3) is 0.444. The number of nitrogens with zero attached hydrogens (tertiary/aromatic N) is 3. The molecule has 2 heterocycles. The second-order valence-corrected chi connectivity index (χ2v) is 6.28. The summed E-state index contributed by atoms with van der Waals surface area (Å²) >= 11 is 0. The third-order valence-electron chi connectivity index (χ3n) is 4.64. The highest BCUT2D eigenvalue weighted by atomic mass is 16.3. The number of aryl methyl sites for hydroxylation is 2. The fourth-order valence-electron chi connectivity index (χ4n) is 3.31. The number of aliphatic hydroxyl groups excluding tert-OH is 1. The minimum Gasteiger partial charge on any atom is -0.388 e. The van der Waals surface area contributed by atoms with Gasteiger partial charge >= 0.3 is 0 Å². The molecule has 1 N–H and O–H groups in total. The first-order valence-electron chi connectivity index (χ1n) is 8.09. The molecular weight excluding hydrogens is 290 g/mol. The Morgan fingerprint density at radius 2 is 1.91 bits per heavy atom. The van der Waals surface area contributed by atoms with Gasteiger partial charge in [0.05, 0.1) is 11.8 Å². The zero-order valence-corrected chi connectivity index (χ0v) is 13.6. The quantitative estimate of drug-likeness (QED) is 0.946. The Hall–Kier alpha value is -2.14. The van der Waals surface area contributed by atoms with Crippen molar-refractivity contribution >= 4 is 5.91 Å². The molecular formula is C18H23N3O2. The molecule has 1 saturated heterocycles. The van der Waals surface area contributed by atoms with Crippen LogP contribution in [-0.2, 0) is 7.05 Å². The second-order valence-electron chi connectivity index (χ2n) is 6.28. The van der Waals surface area contributed by atoms with Gasteiger partial charge in [0.25, 0.3) is 5.91 Å². The Labute approximate surface area is 136 Å². The van der Waals surface area contributed by atoms with Crippen molar-refractivity contribution in [2.24, 2.45) is 13.0 Å². The van der Waals surface area contributed by atoms with E-state index < -0.39 is 6.10 Å². The van der Waals surface area contributed by atoms with Gasteiger partial charge in [0, 0.05) is 20.1 Å². The molecule has 23 heavy (non-hydrogen) atoms. The molecule has 1 aromatic carbocycles. The van der Waals surface area contributed by atoms with E-state index in [2.05, 4.69) is 5.10 Å². The van der Waals surface area contributed by atoms with Crippen LogP contribution in [0.5, 0.6) is 0 Å². The van der Waals surface area contributed by atoms with E-state index in [1.807, 2.05) is 48.2 Å². The molecule has 0 saturated carbocycles. The molecule has 1 unspecified atom stereocenters. The lowest BCUT2D eigenvalue weighted by Gasteiger charge is -2.34. The molecule has 1 amide bonds. The molecule has 1 atom stereocenters. The van der Waals surface area contributed by atoms with Gasteiger partial charge in [-0.15, -0.1) is 0 Å². The van der Waals surface area contributed by atoms with Gasteiger partial charge in [-0.25, -0.2) is 0 Å². The van der Waals surface area contributed by atoms with Gasteiger partial charge in [-0.05, 0) is 37.3 Å². The molecule has 1 aliphatic rings. The third kappa shape index (κ3) is 3.29. The van der Waals surface area contributed by atoms with Gasteiger partial charge in [-0.2, -0.15) is 5.10 Å². The molecule has 2 aromatic rings. The minimum atomic E-state index is -0.451. The lowest BCUT2D eigenvalue weighted by Crippen LogP contribution is -2.40. The van der Waals surface area contributed by atoms with Crippen LogP contribution < -0.4 is 0 Å². The van der Waals surface area contributed by atoms with Gasteiger partial charge in [0.1, 0.15) is 5.69 Å². The highest BCUT2D eigenvalue weighted by Gasteiger charge is 2.29. The molecule has 122 valence electrons. The van der Waals surface area contributed by atoms with Crippen LogP contribution in [0, 0.1) is 12.8 Å². The first-order chi connectivity index (χ1) is 11.1. The maximum absolute atomic E-state index is 12.6. The largest absolute Gasteiger partial charge is 0.388 e. The van der Waals surface area contributed by atoms with E-state index in [-0.39, 0.29) is 11.8 Å². The van der Waals surface area contributed by atoms with Crippen molar-refractivity contribution in [1.82, 2.24) is 14.7 Å². The van der Waals surface area contributed by atoms with E-state index in [4.69, 9.17) is 0 Å². The monoisotopic (exact) mass is 313 g/mol. The van der Waals surface area contributed by atoms with Crippen LogP contribution in [0.25, 0.3) is 0 Å². The summed E-state index contributed by atoms with van der Waals surface area (Å²) in [5.41, 5.74) is 2.44. The van der Waals surface area contributed by atoms with Crippen LogP contribution in [0.1, 0.15) is 40.7 Å². The van der Waals surface area contributed by atoms with Gasteiger partial charge < -0.3 is 10.0 Å². The molecule has 5 heteroatoms. The van der Waals surface area contributed by atoms with Crippen LogP contribution >= 0.6 is 0 Å². The Bertz CT molecular complexity index is 673. The fourth-order valence-corrected chi connectivity index (χ4v) is 3.31. The normalized spacial score (nSPS) is 17.3. The molecule has 0 radical (unpaired) electrons. The average Bonchev–Trinajstić information content (AvgIpc) is 2.93. The summed E-state index contributed by atoms with van der Waals surface area (Å²) in [5, 5.41) is 14.8. The van der Waals surface area contributed by atoms with E-state index in [0.717, 1.165) is 24.1 Å². The number of hydrogen-bond acceptors (Lipinski definition) is 3. The molecule has 0 bridgehead atoms. The summed E-state index contributed by atoms with van der Waals surface area (Å²) in [6.45, 7) is 3.24. The lowest BCUT2D eigenvalue weighted by atomic mass is 9.87. The van der Waals surface area contributed by atoms with Crippen LogP contribution in [-0.4, -0.2) is 38.8 Å². The van der Waals surface area contributed by atoms with Gasteiger partial charge in [-0.3, -0.25) is 9.48 Å². The molecule has 0 aliphatic carbocycles. The highest BCUT2D eigenvalue weighted by Crippen LogP contribution is 2.31. The number of aliphatic hydroxyl groups is 1. The minimum absolute atomic E-state index is 0.0285. The Morgan fingerprint density at radius 1 is 1.26 bits per heavy atom. The number of carbonyl (C=O) groups excluding carboxylic acids is 1. The Kier molecular flexibility index (Phi) is 4.48. The number of carbonyl (C=O) groups is 1. The molecule has 5 nitrogen and oxygen atoms in total. The van der Waals surface area contributed by atoms with E-state index in [1.165, 1.54) is 0 Å². The predicted octanol–water partition coefficient (Wildman–Crippen LogP) is 2.31. The lowest BCUT2D eigenvalue weighted by molar-refractivity contribution is 0.0455. The summed E-state index contributed by atoms with van der Waals surface area (Å²) in [5.74, 6) is 0.232. The van der Waals surface area contributed by atoms with E-state index in [9.17, 15) is 9.90 Å². The van der Waals surface area contributed by atoms with Gasteiger partial charge in [-0.1, -0.05) is 30.3 Å². The van der Waals surface area contributed by atoms with Gasteiger partial charge in [0.15, 0.2) is 0 Å². The summed E-state index contributed by atoms with van der Waals surface area (Å²) in [4.78, 5) is 14.4. The van der Waals surface area contributed by atoms with Crippen molar-refractivity contribution in [2.75, 3.05) is 13.1 Å². The van der Waals surface area contributed by atoms with Crippen molar-refractivity contribution in [3.63, 3.8) is 0 Å². The molecule has 0 spiro atoms. The number of aromatic nitrogens is 2. The number of hydrogen-bond donors (Lipinski definition) is 1. The summed E-state index contributed by atoms with van der Waals surface area (Å²) in [7, 11) is 1.80. The molecule has 3 rings (SSSR count). The number of amides is 1. The van der Waals surface area contributed by atoms with E-state index in [1.54, 1.807) is 11.7 Å². The predicted molar refractivity (Wildman–Crippen MR) is 88.0 cm³/mol.